The van der Waals surface area contributed by atoms with Gasteiger partial charge in [0, 0.05) is 0 Å². The number of hydrogen-bond donors (Lipinski definition) is 0. The second-order valence-electron chi connectivity index (χ2n) is 4.94. The van der Waals surface area contributed by atoms with Crippen LogP contribution in [0.3, 0.4) is 0 Å². The van der Waals surface area contributed by atoms with Crippen molar-refractivity contribution < 1.29 is 14.2 Å². The van der Waals surface area contributed by atoms with E-state index in [1.165, 1.54) is 6.11 Å². The molecule has 21 heavy (non-hydrogen) atoms. The summed E-state index contributed by atoms with van der Waals surface area (Å²) in [5.74, 6) is 0.469. The van der Waals surface area contributed by atoms with E-state index < -0.39 is 0 Å². The molecule has 0 spiro atoms. The number of hydrogen-bond acceptors (Lipinski definition) is 5. The molecule has 2 rings (SSSR count). The van der Waals surface area contributed by atoms with Gasteiger partial charge in [-0.25, -0.2) is 0 Å². The van der Waals surface area contributed by atoms with Crippen LogP contribution >= 0.6 is 11.8 Å². The Kier molecular flexibility index (Phi) is 6.17. The van der Waals surface area contributed by atoms with E-state index in [0.717, 1.165) is 11.3 Å². The number of cyclic esters (lactones) is 1. The molecule has 4 nitrogen and oxygen atoms in total. The Balaban J connectivity index is 1.90. The van der Waals surface area contributed by atoms with E-state index in [1.807, 2.05) is 37.3 Å². The fourth-order valence-corrected chi connectivity index (χ4v) is 3.38. The molecule has 2 unspecified atom stereocenters. The molecule has 0 radical (unpaired) electrons. The average molecular weight is 303 g/mol. The van der Waals surface area contributed by atoms with E-state index in [0.29, 0.717) is 19.3 Å². The van der Waals surface area contributed by atoms with E-state index in [1.54, 1.807) is 11.8 Å². The zero-order valence-corrected chi connectivity index (χ0v) is 12.8. The molecule has 110 valence electrons. The molecule has 0 amide bonds. The van der Waals surface area contributed by atoms with Gasteiger partial charge in [0.15, 0.2) is 0 Å². The molecule has 1 aliphatic heterocycles. The number of ether oxygens (including phenoxy) is 1. The zero-order chi connectivity index (χ0) is 15.1. The molecule has 0 N–H and O–H groups in total. The summed E-state index contributed by atoms with van der Waals surface area (Å²) in [5.41, 5.74) is 0. The van der Waals surface area contributed by atoms with Crippen LogP contribution in [0.2, 0.25) is 0 Å². The van der Waals surface area contributed by atoms with Crippen molar-refractivity contribution in [1.82, 2.24) is 0 Å². The standard InChI is InChI=1S/C15H18BNO3S/c1-2-13(17-10-16-19)14-8-11(15(18)20-14)9-21-12-6-4-3-5-7-12/h3-7,10-11,13-14H,2,8-9H2,1H3/t11?,13?,14-/m0/s1. The topological polar surface area (TPSA) is 55.7 Å². The van der Waals surface area contributed by atoms with Crippen LogP contribution in [0.1, 0.15) is 19.8 Å². The summed E-state index contributed by atoms with van der Waals surface area (Å²) in [5, 5.41) is 0. The second kappa shape index (κ2) is 8.12. The monoisotopic (exact) mass is 303 g/mol. The average Bonchev–Trinajstić information content (AvgIpc) is 2.88. The van der Waals surface area contributed by atoms with Crippen molar-refractivity contribution in [2.24, 2.45) is 10.9 Å². The minimum atomic E-state index is -0.208. The molecular formula is C15H18BNO3S. The normalized spacial score (nSPS) is 23.0. The Morgan fingerprint density at radius 2 is 2.24 bits per heavy atom. The van der Waals surface area contributed by atoms with Gasteiger partial charge in [0.1, 0.15) is 0 Å². The Hall–Kier alpha value is -1.43. The van der Waals surface area contributed by atoms with Gasteiger partial charge in [-0.05, 0) is 0 Å². The molecule has 1 aliphatic rings. The van der Waals surface area contributed by atoms with Crippen LogP contribution in [0.4, 0.5) is 0 Å². The maximum absolute atomic E-state index is 11.9. The van der Waals surface area contributed by atoms with Gasteiger partial charge in [-0.2, -0.15) is 0 Å². The van der Waals surface area contributed by atoms with Crippen LogP contribution in [0.25, 0.3) is 0 Å². The number of carbonyl (C=O) groups excluding carboxylic acids is 1. The minimum absolute atomic E-state index is 0.0966. The molecule has 1 aromatic rings. The van der Waals surface area contributed by atoms with Crippen LogP contribution in [0.15, 0.2) is 40.2 Å². The van der Waals surface area contributed by atoms with Crippen molar-refractivity contribution >= 4 is 31.0 Å². The molecule has 0 saturated carbocycles. The number of benzene rings is 1. The van der Waals surface area contributed by atoms with E-state index in [9.17, 15) is 9.50 Å². The third kappa shape index (κ3) is 4.53. The summed E-state index contributed by atoms with van der Waals surface area (Å²) >= 11 is 1.67. The quantitative estimate of drug-likeness (QED) is 0.336. The number of aliphatic imine (C=N–C) groups is 1. The van der Waals surface area contributed by atoms with Crippen molar-refractivity contribution in [1.29, 1.82) is 0 Å². The van der Waals surface area contributed by atoms with Gasteiger partial charge in [0.05, 0.1) is 0 Å². The number of esters is 1. The van der Waals surface area contributed by atoms with E-state index >= 15 is 0 Å². The molecule has 0 bridgehead atoms. The number of thioether (sulfide) groups is 1. The Morgan fingerprint density at radius 3 is 2.90 bits per heavy atom. The van der Waals surface area contributed by atoms with Crippen LogP contribution < -0.4 is 0 Å². The summed E-state index contributed by atoms with van der Waals surface area (Å²) in [7, 11) is 0.655. The van der Waals surface area contributed by atoms with Crippen molar-refractivity contribution in [2.75, 3.05) is 5.75 Å². The molecule has 1 saturated heterocycles. The first kappa shape index (κ1) is 16.0. The molecule has 3 atom stereocenters. The fraction of sp³-hybridized carbons (Fsp3) is 0.467. The van der Waals surface area contributed by atoms with Crippen molar-refractivity contribution in [3.63, 3.8) is 0 Å². The van der Waals surface area contributed by atoms with Crippen LogP contribution in [-0.2, 0) is 14.2 Å². The van der Waals surface area contributed by atoms with Gasteiger partial charge in [0.25, 0.3) is 0 Å². The fourth-order valence-electron chi connectivity index (χ4n) is 2.37. The summed E-state index contributed by atoms with van der Waals surface area (Å²) < 4.78 is 15.8. The Bertz CT molecular complexity index is 509. The molecule has 1 heterocycles. The van der Waals surface area contributed by atoms with Crippen molar-refractivity contribution in [3.05, 3.63) is 30.3 Å². The summed E-state index contributed by atoms with van der Waals surface area (Å²) in [4.78, 5) is 17.2. The SMILES string of the molecule is CCC(N=CB=O)[C@@H]1CC(CSc2ccccc2)C(=O)O1. The van der Waals surface area contributed by atoms with Crippen LogP contribution in [0, 0.1) is 5.92 Å². The number of carbonyl (C=O) groups is 1. The van der Waals surface area contributed by atoms with E-state index in [-0.39, 0.29) is 24.0 Å². The van der Waals surface area contributed by atoms with Crippen molar-refractivity contribution in [3.8, 4) is 0 Å². The predicted octanol–water partition coefficient (Wildman–Crippen LogP) is 2.57. The first-order valence-corrected chi connectivity index (χ1v) is 8.08. The van der Waals surface area contributed by atoms with Crippen LogP contribution in [-0.4, -0.2) is 37.1 Å². The van der Waals surface area contributed by atoms with Gasteiger partial charge >= 0.3 is 129 Å². The molecular weight excluding hydrogens is 285 g/mol. The second-order valence-corrected chi connectivity index (χ2v) is 6.04. The summed E-state index contributed by atoms with van der Waals surface area (Å²) in [6.45, 7) is 1.98. The molecule has 1 aromatic carbocycles. The zero-order valence-electron chi connectivity index (χ0n) is 12.0. The summed E-state index contributed by atoms with van der Waals surface area (Å²) in [6.07, 6.45) is 2.46. The number of rotatable bonds is 7. The molecule has 0 aliphatic carbocycles. The third-order valence-corrected chi connectivity index (χ3v) is 4.67. The van der Waals surface area contributed by atoms with Crippen LogP contribution in [0.5, 0.6) is 0 Å². The predicted molar refractivity (Wildman–Crippen MR) is 84.2 cm³/mol. The Morgan fingerprint density at radius 1 is 1.48 bits per heavy atom. The van der Waals surface area contributed by atoms with Gasteiger partial charge in [0.2, 0.25) is 0 Å². The number of nitrogens with zero attached hydrogens (tertiary/aromatic N) is 1. The maximum atomic E-state index is 11.9. The molecule has 6 heteroatoms. The van der Waals surface area contributed by atoms with Gasteiger partial charge in [-0.1, -0.05) is 0 Å². The van der Waals surface area contributed by atoms with Gasteiger partial charge in [-0.15, -0.1) is 0 Å². The van der Waals surface area contributed by atoms with Gasteiger partial charge < -0.3 is 0 Å². The third-order valence-electron chi connectivity index (χ3n) is 3.50. The van der Waals surface area contributed by atoms with Crippen molar-refractivity contribution in [2.45, 2.75) is 36.8 Å². The Labute approximate surface area is 129 Å². The summed E-state index contributed by atoms with van der Waals surface area (Å²) in [6, 6.07) is 9.89. The van der Waals surface area contributed by atoms with E-state index in [4.69, 9.17) is 4.74 Å². The van der Waals surface area contributed by atoms with E-state index in [2.05, 4.69) is 4.99 Å². The van der Waals surface area contributed by atoms with Gasteiger partial charge in [-0.3, -0.25) is 0 Å². The first-order valence-electron chi connectivity index (χ1n) is 7.09. The molecule has 1 fully saturated rings. The molecule has 0 aromatic heterocycles. The first-order chi connectivity index (χ1) is 10.2.